The van der Waals surface area contributed by atoms with Crippen LogP contribution in [-0.2, 0) is 0 Å². The fourth-order valence-corrected chi connectivity index (χ4v) is 0.936. The Hall–Kier alpha value is -0.510. The van der Waals surface area contributed by atoms with Gasteiger partial charge in [-0.25, -0.2) is 0 Å². The molecule has 0 fully saturated rings. The molecule has 2 nitrogen and oxygen atoms in total. The summed E-state index contributed by atoms with van der Waals surface area (Å²) < 4.78 is 0. The molecule has 0 saturated heterocycles. The molecular formula is C9H16N2S. The second kappa shape index (κ2) is 7.16. The van der Waals surface area contributed by atoms with Crippen LogP contribution in [0.25, 0.3) is 0 Å². The zero-order chi connectivity index (χ0) is 9.40. The first-order chi connectivity index (χ1) is 5.84. The molecule has 0 aliphatic carbocycles. The Morgan fingerprint density at radius 2 is 1.75 bits per heavy atom. The van der Waals surface area contributed by atoms with E-state index in [4.69, 9.17) is 5.73 Å². The third-order valence-corrected chi connectivity index (χ3v) is 1.67. The van der Waals surface area contributed by atoms with E-state index in [1.165, 1.54) is 5.56 Å². The van der Waals surface area contributed by atoms with Crippen molar-refractivity contribution in [2.75, 3.05) is 0 Å². The molecule has 0 spiro atoms. The molecule has 12 heavy (non-hydrogen) atoms. The summed E-state index contributed by atoms with van der Waals surface area (Å²) in [5.41, 5.74) is 7.02. The average Bonchev–Trinajstić information content (AvgIpc) is 2.21. The van der Waals surface area contributed by atoms with Gasteiger partial charge in [-0.3, -0.25) is 5.14 Å². The molecule has 0 aromatic heterocycles. The van der Waals surface area contributed by atoms with Gasteiger partial charge in [-0.15, -0.1) is 12.8 Å². The molecule has 1 aromatic carbocycles. The van der Waals surface area contributed by atoms with Crippen LogP contribution in [0.5, 0.6) is 0 Å². The van der Waals surface area contributed by atoms with Crippen molar-refractivity contribution >= 4 is 12.8 Å². The van der Waals surface area contributed by atoms with Gasteiger partial charge in [-0.05, 0) is 12.0 Å². The SMILES string of the molecule is CCC(N)c1ccccc1.NS. The quantitative estimate of drug-likeness (QED) is 0.615. The summed E-state index contributed by atoms with van der Waals surface area (Å²) in [5.74, 6) is 0. The highest BCUT2D eigenvalue weighted by molar-refractivity contribution is 7.77. The zero-order valence-corrected chi connectivity index (χ0v) is 8.17. The molecular weight excluding hydrogens is 168 g/mol. The van der Waals surface area contributed by atoms with Crippen molar-refractivity contribution in [3.8, 4) is 0 Å². The first-order valence-electron chi connectivity index (χ1n) is 3.91. The Balaban J connectivity index is 0.000000561. The number of nitrogens with two attached hydrogens (primary N) is 2. The number of rotatable bonds is 2. The summed E-state index contributed by atoms with van der Waals surface area (Å²) in [6.07, 6.45) is 1.00. The lowest BCUT2D eigenvalue weighted by Gasteiger charge is -2.06. The fraction of sp³-hybridized carbons (Fsp3) is 0.333. The summed E-state index contributed by atoms with van der Waals surface area (Å²) in [5, 5.41) is 4.19. The lowest BCUT2D eigenvalue weighted by atomic mass is 10.1. The second-order valence-electron chi connectivity index (χ2n) is 2.43. The molecule has 1 rings (SSSR count). The van der Waals surface area contributed by atoms with E-state index in [1.54, 1.807) is 0 Å². The van der Waals surface area contributed by atoms with E-state index in [0.717, 1.165) is 6.42 Å². The smallest absolute Gasteiger partial charge is 0.0292 e. The molecule has 0 bridgehead atoms. The molecule has 0 saturated carbocycles. The fourth-order valence-electron chi connectivity index (χ4n) is 0.936. The summed E-state index contributed by atoms with van der Waals surface area (Å²) >= 11 is 3.03. The van der Waals surface area contributed by atoms with Gasteiger partial charge in [0, 0.05) is 6.04 Å². The zero-order valence-electron chi connectivity index (χ0n) is 7.27. The van der Waals surface area contributed by atoms with Crippen LogP contribution in [0.4, 0.5) is 0 Å². The molecule has 0 radical (unpaired) electrons. The van der Waals surface area contributed by atoms with Crippen LogP contribution < -0.4 is 10.9 Å². The van der Waals surface area contributed by atoms with Gasteiger partial charge in [0.25, 0.3) is 0 Å². The molecule has 1 atom stereocenters. The molecule has 1 aromatic rings. The van der Waals surface area contributed by atoms with Crippen LogP contribution in [0.15, 0.2) is 30.3 Å². The first-order valence-corrected chi connectivity index (χ1v) is 4.42. The van der Waals surface area contributed by atoms with E-state index in [2.05, 4.69) is 37.0 Å². The summed E-state index contributed by atoms with van der Waals surface area (Å²) in [7, 11) is 0. The van der Waals surface area contributed by atoms with Gasteiger partial charge in [0.1, 0.15) is 0 Å². The number of hydrogen-bond donors (Lipinski definition) is 3. The van der Waals surface area contributed by atoms with Crippen LogP contribution in [0.1, 0.15) is 24.9 Å². The van der Waals surface area contributed by atoms with E-state index in [0.29, 0.717) is 0 Å². The van der Waals surface area contributed by atoms with Gasteiger partial charge in [-0.2, -0.15) is 0 Å². The predicted octanol–water partition coefficient (Wildman–Crippen LogP) is 1.89. The minimum atomic E-state index is 0.209. The van der Waals surface area contributed by atoms with Gasteiger partial charge < -0.3 is 5.73 Å². The van der Waals surface area contributed by atoms with Crippen molar-refractivity contribution in [3.05, 3.63) is 35.9 Å². The minimum absolute atomic E-state index is 0.209. The van der Waals surface area contributed by atoms with Crippen molar-refractivity contribution in [2.24, 2.45) is 10.9 Å². The van der Waals surface area contributed by atoms with Crippen LogP contribution in [0.3, 0.4) is 0 Å². The number of thiol groups is 1. The molecule has 0 aliphatic rings. The summed E-state index contributed by atoms with van der Waals surface area (Å²) in [6, 6.07) is 10.4. The van der Waals surface area contributed by atoms with E-state index < -0.39 is 0 Å². The van der Waals surface area contributed by atoms with E-state index in [-0.39, 0.29) is 6.04 Å². The molecule has 3 heteroatoms. The van der Waals surface area contributed by atoms with Crippen LogP contribution in [0.2, 0.25) is 0 Å². The standard InChI is InChI=1S/C9H13N.H3NS/c1-2-9(10)8-6-4-3-5-7-8;1-2/h3-7,9H,2,10H2,1H3;2H,1H2. The van der Waals surface area contributed by atoms with Gasteiger partial charge in [-0.1, -0.05) is 37.3 Å². The predicted molar refractivity (Wildman–Crippen MR) is 56.8 cm³/mol. The van der Waals surface area contributed by atoms with Gasteiger partial charge in [0.05, 0.1) is 0 Å². The second-order valence-corrected chi connectivity index (χ2v) is 2.43. The highest BCUT2D eigenvalue weighted by atomic mass is 32.1. The van der Waals surface area contributed by atoms with Gasteiger partial charge in [0.2, 0.25) is 0 Å². The maximum atomic E-state index is 5.79. The highest BCUT2D eigenvalue weighted by Crippen LogP contribution is 2.11. The summed E-state index contributed by atoms with van der Waals surface area (Å²) in [6.45, 7) is 2.09. The third-order valence-electron chi connectivity index (χ3n) is 1.67. The molecule has 68 valence electrons. The molecule has 4 N–H and O–H groups in total. The Bertz CT molecular complexity index is 189. The van der Waals surface area contributed by atoms with Crippen molar-refractivity contribution in [2.45, 2.75) is 19.4 Å². The molecule has 0 amide bonds. The number of hydrogen-bond acceptors (Lipinski definition) is 3. The Morgan fingerprint density at radius 1 is 1.25 bits per heavy atom. The Labute approximate surface area is 79.5 Å². The van der Waals surface area contributed by atoms with Crippen LogP contribution in [0, 0.1) is 0 Å². The van der Waals surface area contributed by atoms with E-state index in [9.17, 15) is 0 Å². The van der Waals surface area contributed by atoms with Crippen molar-refractivity contribution in [1.29, 1.82) is 0 Å². The molecule has 0 aliphatic heterocycles. The van der Waals surface area contributed by atoms with E-state index in [1.807, 2.05) is 18.2 Å². The lowest BCUT2D eigenvalue weighted by Crippen LogP contribution is -2.07. The molecule has 0 heterocycles. The van der Waals surface area contributed by atoms with Crippen LogP contribution >= 0.6 is 12.8 Å². The Morgan fingerprint density at radius 3 is 2.17 bits per heavy atom. The average molecular weight is 184 g/mol. The lowest BCUT2D eigenvalue weighted by molar-refractivity contribution is 0.699. The Kier molecular flexibility index (Phi) is 6.85. The van der Waals surface area contributed by atoms with Crippen molar-refractivity contribution in [1.82, 2.24) is 0 Å². The minimum Gasteiger partial charge on any atom is -0.324 e. The maximum absolute atomic E-state index is 5.79. The van der Waals surface area contributed by atoms with E-state index >= 15 is 0 Å². The first kappa shape index (κ1) is 11.5. The van der Waals surface area contributed by atoms with Crippen molar-refractivity contribution < 1.29 is 0 Å². The van der Waals surface area contributed by atoms with Crippen molar-refractivity contribution in [3.63, 3.8) is 0 Å². The monoisotopic (exact) mass is 184 g/mol. The largest absolute Gasteiger partial charge is 0.324 e. The maximum Gasteiger partial charge on any atom is 0.0292 e. The number of benzene rings is 1. The van der Waals surface area contributed by atoms with Crippen LogP contribution in [-0.4, -0.2) is 0 Å². The topological polar surface area (TPSA) is 52.0 Å². The van der Waals surface area contributed by atoms with Gasteiger partial charge >= 0.3 is 0 Å². The summed E-state index contributed by atoms with van der Waals surface area (Å²) in [4.78, 5) is 0. The normalized spacial score (nSPS) is 11.3. The third kappa shape index (κ3) is 3.76. The molecule has 1 unspecified atom stereocenters. The highest BCUT2D eigenvalue weighted by Gasteiger charge is 1.99. The van der Waals surface area contributed by atoms with Gasteiger partial charge in [0.15, 0.2) is 0 Å².